The molecule has 0 radical (unpaired) electrons. The molecule has 0 aromatic carbocycles. The lowest BCUT2D eigenvalue weighted by atomic mass is 10.0. The van der Waals surface area contributed by atoms with E-state index in [1.807, 2.05) is 23.2 Å². The maximum atomic E-state index is 12.6. The standard InChI is InChI=1S/C18H27N3O3/c1-19-17(22)9-14-10-20-8-4-5-15(20)12-21(11-14)18(23)13-24-16-6-2-3-7-16/h4-5,8,14,16H,2-3,6-7,9-13H2,1H3,(H,19,22)/t14-/m1/s1. The second-order valence-electron chi connectivity index (χ2n) is 6.89. The fourth-order valence-corrected chi connectivity index (χ4v) is 3.70. The zero-order chi connectivity index (χ0) is 16.9. The average molecular weight is 333 g/mol. The van der Waals surface area contributed by atoms with Crippen LogP contribution in [0.4, 0.5) is 0 Å². The predicted octanol–water partition coefficient (Wildman–Crippen LogP) is 1.54. The van der Waals surface area contributed by atoms with Crippen molar-refractivity contribution in [2.45, 2.75) is 51.3 Å². The second kappa shape index (κ2) is 7.83. The van der Waals surface area contributed by atoms with Gasteiger partial charge in [0.1, 0.15) is 6.61 Å². The average Bonchev–Trinajstić information content (AvgIpc) is 3.21. The molecule has 2 aliphatic rings. The molecule has 6 heteroatoms. The van der Waals surface area contributed by atoms with Crippen LogP contribution in [0.1, 0.15) is 37.8 Å². The number of fused-ring (bicyclic) bond motifs is 1. The van der Waals surface area contributed by atoms with Crippen molar-refractivity contribution in [3.05, 3.63) is 24.0 Å². The van der Waals surface area contributed by atoms with Crippen LogP contribution in [-0.4, -0.2) is 47.6 Å². The lowest BCUT2D eigenvalue weighted by molar-refractivity contribution is -0.139. The van der Waals surface area contributed by atoms with Crippen LogP contribution in [-0.2, 0) is 27.4 Å². The molecule has 1 aromatic rings. The van der Waals surface area contributed by atoms with E-state index in [1.165, 1.54) is 12.8 Å². The lowest BCUT2D eigenvalue weighted by Gasteiger charge is -2.24. The van der Waals surface area contributed by atoms with Gasteiger partial charge < -0.3 is 19.5 Å². The van der Waals surface area contributed by atoms with Crippen LogP contribution >= 0.6 is 0 Å². The molecule has 1 saturated carbocycles. The Morgan fingerprint density at radius 1 is 1.29 bits per heavy atom. The van der Waals surface area contributed by atoms with Gasteiger partial charge in [-0.25, -0.2) is 0 Å². The number of hydrogen-bond donors (Lipinski definition) is 1. The minimum Gasteiger partial charge on any atom is -0.368 e. The van der Waals surface area contributed by atoms with Crippen LogP contribution in [0.15, 0.2) is 18.3 Å². The molecule has 1 atom stereocenters. The van der Waals surface area contributed by atoms with Crippen molar-refractivity contribution in [3.63, 3.8) is 0 Å². The molecule has 0 spiro atoms. The Morgan fingerprint density at radius 3 is 2.83 bits per heavy atom. The van der Waals surface area contributed by atoms with E-state index in [0.717, 1.165) is 25.1 Å². The van der Waals surface area contributed by atoms with E-state index in [4.69, 9.17) is 4.74 Å². The van der Waals surface area contributed by atoms with Crippen LogP contribution in [0.25, 0.3) is 0 Å². The van der Waals surface area contributed by atoms with E-state index < -0.39 is 0 Å². The smallest absolute Gasteiger partial charge is 0.248 e. The summed E-state index contributed by atoms with van der Waals surface area (Å²) in [5, 5.41) is 2.68. The Kier molecular flexibility index (Phi) is 5.56. The van der Waals surface area contributed by atoms with Gasteiger partial charge in [0.25, 0.3) is 0 Å². The highest BCUT2D eigenvalue weighted by molar-refractivity contribution is 5.78. The molecule has 3 rings (SSSR count). The Labute approximate surface area is 143 Å². The van der Waals surface area contributed by atoms with Crippen LogP contribution in [0, 0.1) is 5.92 Å². The monoisotopic (exact) mass is 333 g/mol. The van der Waals surface area contributed by atoms with Crippen molar-refractivity contribution in [3.8, 4) is 0 Å². The van der Waals surface area contributed by atoms with Gasteiger partial charge in [-0.3, -0.25) is 9.59 Å². The summed E-state index contributed by atoms with van der Waals surface area (Å²) in [5.41, 5.74) is 1.11. The van der Waals surface area contributed by atoms with Gasteiger partial charge in [0.05, 0.1) is 12.6 Å². The highest BCUT2D eigenvalue weighted by Crippen LogP contribution is 2.22. The minimum atomic E-state index is 0.0187. The van der Waals surface area contributed by atoms with Gasteiger partial charge in [0.2, 0.25) is 11.8 Å². The fourth-order valence-electron chi connectivity index (χ4n) is 3.70. The zero-order valence-corrected chi connectivity index (χ0v) is 14.4. The predicted molar refractivity (Wildman–Crippen MR) is 90.2 cm³/mol. The molecule has 0 unspecified atom stereocenters. The van der Waals surface area contributed by atoms with Gasteiger partial charge in [-0.15, -0.1) is 0 Å². The topological polar surface area (TPSA) is 63.6 Å². The van der Waals surface area contributed by atoms with E-state index in [1.54, 1.807) is 7.05 Å². The molecule has 1 aromatic heterocycles. The first kappa shape index (κ1) is 17.0. The van der Waals surface area contributed by atoms with Crippen molar-refractivity contribution in [2.24, 2.45) is 5.92 Å². The number of rotatable bonds is 5. The summed E-state index contributed by atoms with van der Waals surface area (Å²) in [6, 6.07) is 4.04. The summed E-state index contributed by atoms with van der Waals surface area (Å²) in [5.74, 6) is 0.165. The first-order chi connectivity index (χ1) is 11.7. The summed E-state index contributed by atoms with van der Waals surface area (Å²) in [4.78, 5) is 26.3. The van der Waals surface area contributed by atoms with E-state index >= 15 is 0 Å². The van der Waals surface area contributed by atoms with Crippen LogP contribution in [0.3, 0.4) is 0 Å². The Hall–Kier alpha value is -1.82. The number of ether oxygens (including phenoxy) is 1. The van der Waals surface area contributed by atoms with Gasteiger partial charge in [-0.2, -0.15) is 0 Å². The molecule has 132 valence electrons. The fraction of sp³-hybridized carbons (Fsp3) is 0.667. The molecule has 24 heavy (non-hydrogen) atoms. The second-order valence-corrected chi connectivity index (χ2v) is 6.89. The highest BCUT2D eigenvalue weighted by Gasteiger charge is 2.27. The summed E-state index contributed by atoms with van der Waals surface area (Å²) >= 11 is 0. The number of nitrogens with zero attached hydrogens (tertiary/aromatic N) is 2. The molecule has 2 amide bonds. The molecule has 2 heterocycles. The molecular formula is C18H27N3O3. The number of hydrogen-bond acceptors (Lipinski definition) is 3. The largest absolute Gasteiger partial charge is 0.368 e. The molecule has 1 aliphatic carbocycles. The number of carbonyl (C=O) groups excluding carboxylic acids is 2. The molecular weight excluding hydrogens is 306 g/mol. The van der Waals surface area contributed by atoms with Gasteiger partial charge in [-0.1, -0.05) is 12.8 Å². The van der Waals surface area contributed by atoms with Crippen molar-refractivity contribution in [1.82, 2.24) is 14.8 Å². The Bertz CT molecular complexity index is 578. The van der Waals surface area contributed by atoms with E-state index in [9.17, 15) is 9.59 Å². The Morgan fingerprint density at radius 2 is 2.08 bits per heavy atom. The first-order valence-corrected chi connectivity index (χ1v) is 8.89. The third-order valence-electron chi connectivity index (χ3n) is 5.06. The summed E-state index contributed by atoms with van der Waals surface area (Å²) in [6.45, 7) is 2.10. The molecule has 1 N–H and O–H groups in total. The SMILES string of the molecule is CNC(=O)C[C@H]1CN(C(=O)COC2CCCC2)Cc2cccn2C1. The van der Waals surface area contributed by atoms with Crippen molar-refractivity contribution in [1.29, 1.82) is 0 Å². The third-order valence-corrected chi connectivity index (χ3v) is 5.06. The van der Waals surface area contributed by atoms with Crippen LogP contribution in [0.5, 0.6) is 0 Å². The Balaban J connectivity index is 1.64. The first-order valence-electron chi connectivity index (χ1n) is 8.89. The molecule has 0 bridgehead atoms. The van der Waals surface area contributed by atoms with Gasteiger partial charge in [0, 0.05) is 44.4 Å². The molecule has 6 nitrogen and oxygen atoms in total. The molecule has 0 saturated heterocycles. The maximum Gasteiger partial charge on any atom is 0.248 e. The summed E-state index contributed by atoms with van der Waals surface area (Å²) < 4.78 is 7.94. The van der Waals surface area contributed by atoms with Crippen molar-refractivity contribution >= 4 is 11.8 Å². The van der Waals surface area contributed by atoms with Gasteiger partial charge >= 0.3 is 0 Å². The van der Waals surface area contributed by atoms with E-state index in [-0.39, 0.29) is 30.4 Å². The van der Waals surface area contributed by atoms with Gasteiger partial charge in [0.15, 0.2) is 0 Å². The van der Waals surface area contributed by atoms with Crippen LogP contribution < -0.4 is 5.32 Å². The maximum absolute atomic E-state index is 12.6. The quantitative estimate of drug-likeness (QED) is 0.889. The summed E-state index contributed by atoms with van der Waals surface area (Å²) in [7, 11) is 1.65. The number of amides is 2. The molecule has 1 aliphatic heterocycles. The third kappa shape index (κ3) is 4.17. The number of carbonyl (C=O) groups is 2. The lowest BCUT2D eigenvalue weighted by Crippen LogP contribution is -2.38. The highest BCUT2D eigenvalue weighted by atomic mass is 16.5. The van der Waals surface area contributed by atoms with Crippen molar-refractivity contribution < 1.29 is 14.3 Å². The summed E-state index contributed by atoms with van der Waals surface area (Å²) in [6.07, 6.45) is 7.22. The van der Waals surface area contributed by atoms with Crippen LogP contribution in [0.2, 0.25) is 0 Å². The number of nitrogens with one attached hydrogen (secondary N) is 1. The minimum absolute atomic E-state index is 0.0187. The number of aromatic nitrogens is 1. The normalized spacial score (nSPS) is 21.4. The molecule has 1 fully saturated rings. The zero-order valence-electron chi connectivity index (χ0n) is 14.4. The van der Waals surface area contributed by atoms with E-state index in [2.05, 4.69) is 9.88 Å². The van der Waals surface area contributed by atoms with Crippen molar-refractivity contribution in [2.75, 3.05) is 20.2 Å². The van der Waals surface area contributed by atoms with E-state index in [0.29, 0.717) is 19.5 Å². The van der Waals surface area contributed by atoms with Gasteiger partial charge in [-0.05, 0) is 25.0 Å².